The first kappa shape index (κ1) is 15.0. The van der Waals surface area contributed by atoms with Gasteiger partial charge in [0.15, 0.2) is 0 Å². The van der Waals surface area contributed by atoms with Crippen LogP contribution in [-0.2, 0) is 6.54 Å². The molecule has 0 spiro atoms. The van der Waals surface area contributed by atoms with Gasteiger partial charge < -0.3 is 5.32 Å². The van der Waals surface area contributed by atoms with Crippen LogP contribution < -0.4 is 5.32 Å². The molecule has 0 atom stereocenters. The normalized spacial score (nSPS) is 11.6. The minimum atomic E-state index is -0.217. The largest absolute Gasteiger partial charge is 0.308 e. The van der Waals surface area contributed by atoms with Crippen LogP contribution in [0.5, 0.6) is 0 Å². The summed E-state index contributed by atoms with van der Waals surface area (Å²) in [6.45, 7) is 7.22. The van der Waals surface area contributed by atoms with Crippen molar-refractivity contribution in [3.63, 3.8) is 0 Å². The minimum absolute atomic E-state index is 0.0987. The third-order valence-corrected chi connectivity index (χ3v) is 3.61. The van der Waals surface area contributed by atoms with Crippen LogP contribution in [-0.4, -0.2) is 10.5 Å². The molecule has 0 aliphatic heterocycles. The summed E-state index contributed by atoms with van der Waals surface area (Å²) < 4.78 is 12.8. The smallest absolute Gasteiger partial charge is 0.123 e. The van der Waals surface area contributed by atoms with Crippen molar-refractivity contribution in [2.75, 3.05) is 0 Å². The number of aromatic nitrogens is 1. The van der Waals surface area contributed by atoms with E-state index in [4.69, 9.17) is 0 Å². The van der Waals surface area contributed by atoms with Crippen molar-refractivity contribution in [1.29, 1.82) is 0 Å². The predicted octanol–water partition coefficient (Wildman–Crippen LogP) is 4.26. The lowest BCUT2D eigenvalue weighted by molar-refractivity contribution is 0.424. The summed E-state index contributed by atoms with van der Waals surface area (Å²) in [7, 11) is 0. The van der Waals surface area contributed by atoms with Crippen LogP contribution in [0.15, 0.2) is 52.5 Å². The summed E-state index contributed by atoms with van der Waals surface area (Å²) in [6, 6.07) is 10.5. The maximum Gasteiger partial charge on any atom is 0.123 e. The second-order valence-electron chi connectivity index (χ2n) is 5.66. The summed E-state index contributed by atoms with van der Waals surface area (Å²) in [5.41, 5.74) is 1.25. The maximum absolute atomic E-state index is 12.8. The molecular weight excluding hydrogens is 271 g/mol. The van der Waals surface area contributed by atoms with E-state index in [1.165, 1.54) is 23.9 Å². The Bertz CT molecular complexity index is 544. The molecule has 2 nitrogen and oxygen atoms in total. The second kappa shape index (κ2) is 6.37. The molecule has 106 valence electrons. The zero-order valence-corrected chi connectivity index (χ0v) is 12.8. The van der Waals surface area contributed by atoms with Gasteiger partial charge in [0.25, 0.3) is 0 Å². The zero-order valence-electron chi connectivity index (χ0n) is 12.0. The predicted molar refractivity (Wildman–Crippen MR) is 81.4 cm³/mol. The van der Waals surface area contributed by atoms with Gasteiger partial charge >= 0.3 is 0 Å². The van der Waals surface area contributed by atoms with Crippen molar-refractivity contribution >= 4 is 11.8 Å². The van der Waals surface area contributed by atoms with E-state index in [9.17, 15) is 4.39 Å². The van der Waals surface area contributed by atoms with Gasteiger partial charge in [-0.05, 0) is 56.7 Å². The van der Waals surface area contributed by atoms with Gasteiger partial charge in [0.1, 0.15) is 10.8 Å². The summed E-state index contributed by atoms with van der Waals surface area (Å²) in [5.74, 6) is -0.217. The van der Waals surface area contributed by atoms with Gasteiger partial charge in [-0.25, -0.2) is 9.37 Å². The molecule has 0 aliphatic carbocycles. The van der Waals surface area contributed by atoms with Crippen LogP contribution in [0.3, 0.4) is 0 Å². The summed E-state index contributed by atoms with van der Waals surface area (Å²) in [6.07, 6.45) is 1.88. The van der Waals surface area contributed by atoms with Crippen molar-refractivity contribution in [2.45, 2.75) is 42.8 Å². The van der Waals surface area contributed by atoms with E-state index < -0.39 is 0 Å². The lowest BCUT2D eigenvalue weighted by Gasteiger charge is -2.20. The van der Waals surface area contributed by atoms with Gasteiger partial charge in [0, 0.05) is 23.2 Å². The second-order valence-corrected chi connectivity index (χ2v) is 6.76. The van der Waals surface area contributed by atoms with Crippen LogP contribution in [0, 0.1) is 5.82 Å². The molecule has 2 rings (SSSR count). The lowest BCUT2D eigenvalue weighted by Crippen LogP contribution is -2.35. The molecule has 1 N–H and O–H groups in total. The highest BCUT2D eigenvalue weighted by Crippen LogP contribution is 2.25. The van der Waals surface area contributed by atoms with Gasteiger partial charge in [0.05, 0.1) is 0 Å². The molecule has 0 amide bonds. The van der Waals surface area contributed by atoms with Gasteiger partial charge in [-0.3, -0.25) is 0 Å². The standard InChI is InChI=1S/C16H19FN2S/c1-16(2,3)19-11-12-4-9-15(18-10-12)20-14-7-5-13(17)6-8-14/h4-10,19H,11H2,1-3H3. The quantitative estimate of drug-likeness (QED) is 0.910. The Morgan fingerprint density at radius 1 is 1.10 bits per heavy atom. The van der Waals surface area contributed by atoms with Gasteiger partial charge in [-0.1, -0.05) is 17.8 Å². The topological polar surface area (TPSA) is 24.9 Å². The molecule has 0 saturated carbocycles. The van der Waals surface area contributed by atoms with Crippen molar-refractivity contribution < 1.29 is 4.39 Å². The number of nitrogens with zero attached hydrogens (tertiary/aromatic N) is 1. The van der Waals surface area contributed by atoms with E-state index >= 15 is 0 Å². The molecule has 0 bridgehead atoms. The summed E-state index contributed by atoms with van der Waals surface area (Å²) in [4.78, 5) is 5.41. The van der Waals surface area contributed by atoms with Crippen LogP contribution >= 0.6 is 11.8 Å². The van der Waals surface area contributed by atoms with Crippen LogP contribution in [0.2, 0.25) is 0 Å². The third-order valence-electron chi connectivity index (χ3n) is 2.66. The first-order valence-electron chi connectivity index (χ1n) is 6.56. The molecule has 2 aromatic rings. The number of pyridine rings is 1. The number of benzene rings is 1. The Kier molecular flexibility index (Phi) is 4.78. The van der Waals surface area contributed by atoms with E-state index in [0.29, 0.717) is 0 Å². The van der Waals surface area contributed by atoms with E-state index in [2.05, 4.69) is 37.1 Å². The number of rotatable bonds is 4. The third kappa shape index (κ3) is 4.94. The molecule has 1 heterocycles. The molecule has 1 aromatic heterocycles. The Hall–Kier alpha value is -1.39. The van der Waals surface area contributed by atoms with Gasteiger partial charge in [-0.2, -0.15) is 0 Å². The Morgan fingerprint density at radius 2 is 1.80 bits per heavy atom. The number of hydrogen-bond donors (Lipinski definition) is 1. The SMILES string of the molecule is CC(C)(C)NCc1ccc(Sc2ccc(F)cc2)nc1. The highest BCUT2D eigenvalue weighted by molar-refractivity contribution is 7.99. The average Bonchev–Trinajstić information content (AvgIpc) is 2.40. The van der Waals surface area contributed by atoms with Crippen LogP contribution in [0.4, 0.5) is 4.39 Å². The van der Waals surface area contributed by atoms with Crippen molar-refractivity contribution in [2.24, 2.45) is 0 Å². The van der Waals surface area contributed by atoms with Gasteiger partial charge in [-0.15, -0.1) is 0 Å². The van der Waals surface area contributed by atoms with Crippen molar-refractivity contribution in [3.05, 3.63) is 54.0 Å². The molecule has 1 aromatic carbocycles. The fourth-order valence-corrected chi connectivity index (χ4v) is 2.32. The van der Waals surface area contributed by atoms with E-state index in [-0.39, 0.29) is 11.4 Å². The molecule has 0 aliphatic rings. The Morgan fingerprint density at radius 3 is 2.35 bits per heavy atom. The molecular formula is C16H19FN2S. The Balaban J connectivity index is 1.96. The van der Waals surface area contributed by atoms with E-state index in [1.54, 1.807) is 12.1 Å². The first-order valence-corrected chi connectivity index (χ1v) is 7.37. The van der Waals surface area contributed by atoms with E-state index in [1.807, 2.05) is 12.3 Å². The minimum Gasteiger partial charge on any atom is -0.308 e. The summed E-state index contributed by atoms with van der Waals surface area (Å²) >= 11 is 1.53. The highest BCUT2D eigenvalue weighted by Gasteiger charge is 2.08. The number of nitrogens with one attached hydrogen (secondary N) is 1. The van der Waals surface area contributed by atoms with Crippen molar-refractivity contribution in [1.82, 2.24) is 10.3 Å². The zero-order chi connectivity index (χ0) is 14.6. The Labute approximate surface area is 123 Å². The molecule has 0 saturated heterocycles. The molecule has 0 fully saturated rings. The fraction of sp³-hybridized carbons (Fsp3) is 0.312. The van der Waals surface area contributed by atoms with Crippen LogP contribution in [0.25, 0.3) is 0 Å². The number of halogens is 1. The molecule has 4 heteroatoms. The highest BCUT2D eigenvalue weighted by atomic mass is 32.2. The average molecular weight is 290 g/mol. The molecule has 0 unspecified atom stereocenters. The maximum atomic E-state index is 12.8. The van der Waals surface area contributed by atoms with Crippen LogP contribution in [0.1, 0.15) is 26.3 Å². The molecule has 20 heavy (non-hydrogen) atoms. The monoisotopic (exact) mass is 290 g/mol. The molecule has 0 radical (unpaired) electrons. The van der Waals surface area contributed by atoms with Gasteiger partial charge in [0.2, 0.25) is 0 Å². The van der Waals surface area contributed by atoms with E-state index in [0.717, 1.165) is 22.0 Å². The van der Waals surface area contributed by atoms with Crippen molar-refractivity contribution in [3.8, 4) is 0 Å². The first-order chi connectivity index (χ1) is 9.42. The summed E-state index contributed by atoms with van der Waals surface area (Å²) in [5, 5.41) is 4.34. The lowest BCUT2D eigenvalue weighted by atomic mass is 10.1. The fourth-order valence-electron chi connectivity index (χ4n) is 1.57. The number of hydrogen-bond acceptors (Lipinski definition) is 3.